The van der Waals surface area contributed by atoms with Gasteiger partial charge in [-0.15, -0.1) is 0 Å². The summed E-state index contributed by atoms with van der Waals surface area (Å²) in [7, 11) is 0. The zero-order valence-electron chi connectivity index (χ0n) is 13.4. The predicted molar refractivity (Wildman–Crippen MR) is 79.6 cm³/mol. The first-order valence-electron chi connectivity index (χ1n) is 7.22. The van der Waals surface area contributed by atoms with Crippen LogP contribution in [0.1, 0.15) is 46.0 Å². The van der Waals surface area contributed by atoms with Gasteiger partial charge in [0.1, 0.15) is 6.10 Å². The van der Waals surface area contributed by atoms with Crippen molar-refractivity contribution in [3.63, 3.8) is 0 Å². The first-order valence-corrected chi connectivity index (χ1v) is 8.23. The van der Waals surface area contributed by atoms with Crippen LogP contribution in [-0.4, -0.2) is 45.0 Å². The van der Waals surface area contributed by atoms with Gasteiger partial charge in [-0.1, -0.05) is 12.8 Å². The third-order valence-corrected chi connectivity index (χ3v) is 3.65. The van der Waals surface area contributed by atoms with E-state index >= 15 is 0 Å². The summed E-state index contributed by atoms with van der Waals surface area (Å²) in [5.74, 6) is -2.63. The number of ether oxygens (including phenoxy) is 1. The molecule has 2 fully saturated rings. The van der Waals surface area contributed by atoms with E-state index < -0.39 is 17.7 Å². The van der Waals surface area contributed by atoms with Crippen molar-refractivity contribution in [1.29, 1.82) is 0 Å². The van der Waals surface area contributed by atoms with Gasteiger partial charge in [0.25, 0.3) is 0 Å². The van der Waals surface area contributed by atoms with E-state index in [9.17, 15) is 14.4 Å². The molecular formula is C14H27N2O6Pt. The second-order valence-electron chi connectivity index (χ2n) is 5.57. The van der Waals surface area contributed by atoms with E-state index in [0.717, 1.165) is 33.0 Å². The van der Waals surface area contributed by atoms with E-state index in [1.54, 1.807) is 6.92 Å². The van der Waals surface area contributed by atoms with Crippen molar-refractivity contribution in [3.05, 3.63) is 0 Å². The Morgan fingerprint density at radius 3 is 1.91 bits per heavy atom. The van der Waals surface area contributed by atoms with Crippen molar-refractivity contribution in [2.24, 2.45) is 17.4 Å². The molecule has 139 valence electrons. The van der Waals surface area contributed by atoms with Crippen LogP contribution in [0.15, 0.2) is 0 Å². The standard InChI is InChI=1S/C8H10O4.C6H14N2.2H2O.Pt/c1-4-3-6(10)7(5(2)9)8(11)12-4;7-5-3-1-2-4-6(5)8;;;/h4,7H,3H2,1-2H3;5-6H,1-4,7-8H2;2*1H2;/q;;;;+1/p-1/t;5-,6-;;;/m.1.../s1. The summed E-state index contributed by atoms with van der Waals surface area (Å²) in [6, 6.07) is 0.562. The van der Waals surface area contributed by atoms with Crippen LogP contribution < -0.4 is 11.5 Å². The summed E-state index contributed by atoms with van der Waals surface area (Å²) in [5.41, 5.74) is 11.3. The van der Waals surface area contributed by atoms with Gasteiger partial charge in [-0.3, -0.25) is 14.4 Å². The van der Waals surface area contributed by atoms with Gasteiger partial charge in [-0.25, -0.2) is 0 Å². The molecule has 0 radical (unpaired) electrons. The SMILES string of the molecule is CC(=O)C1C(=O)CC(C)OC1=O.N[C@@H]1CCCC[C@H]1N.O.[OH][Pt]. The van der Waals surface area contributed by atoms with E-state index in [-0.39, 0.29) is 35.9 Å². The maximum atomic E-state index is 11.1. The quantitative estimate of drug-likeness (QED) is 0.296. The molecule has 4 atom stereocenters. The van der Waals surface area contributed by atoms with Crippen LogP contribution in [0.2, 0.25) is 0 Å². The molecule has 0 aromatic heterocycles. The summed E-state index contributed by atoms with van der Waals surface area (Å²) < 4.78 is 11.7. The van der Waals surface area contributed by atoms with Crippen LogP contribution in [0.5, 0.6) is 0 Å². The minimum absolute atomic E-state index is 0. The molecule has 1 saturated carbocycles. The normalized spacial score (nSPS) is 29.7. The second-order valence-corrected chi connectivity index (χ2v) is 5.57. The van der Waals surface area contributed by atoms with Crippen LogP contribution in [0.25, 0.3) is 0 Å². The molecule has 23 heavy (non-hydrogen) atoms. The number of carbonyl (C=O) groups is 3. The first-order chi connectivity index (χ1) is 10.3. The van der Waals surface area contributed by atoms with E-state index in [1.165, 1.54) is 19.8 Å². The van der Waals surface area contributed by atoms with Gasteiger partial charge >= 0.3 is 29.9 Å². The summed E-state index contributed by atoms with van der Waals surface area (Å²) in [6.07, 6.45) is 4.56. The number of ketones is 2. The molecule has 2 aliphatic rings. The van der Waals surface area contributed by atoms with Crippen LogP contribution in [0.3, 0.4) is 0 Å². The summed E-state index contributed by atoms with van der Waals surface area (Å²) in [4.78, 5) is 32.9. The second kappa shape index (κ2) is 12.7. The number of esters is 1. The number of nitrogens with two attached hydrogens (primary N) is 2. The van der Waals surface area contributed by atoms with Crippen molar-refractivity contribution in [1.82, 2.24) is 0 Å². The molecule has 1 heterocycles. The molecule has 1 aliphatic carbocycles. The Kier molecular flexibility index (Phi) is 13.6. The van der Waals surface area contributed by atoms with Gasteiger partial charge < -0.3 is 21.7 Å². The number of cyclic esters (lactones) is 1. The Bertz CT molecular complexity index is 365. The minimum atomic E-state index is -1.17. The van der Waals surface area contributed by atoms with Crippen molar-refractivity contribution >= 4 is 17.5 Å². The molecule has 9 heteroatoms. The molecule has 0 amide bonds. The third-order valence-electron chi connectivity index (χ3n) is 3.65. The summed E-state index contributed by atoms with van der Waals surface area (Å²) >= 11 is 1.14. The van der Waals surface area contributed by atoms with Gasteiger partial charge in [0, 0.05) is 18.5 Å². The Hall–Kier alpha value is -0.662. The predicted octanol–water partition coefficient (Wildman–Crippen LogP) is -1.07. The van der Waals surface area contributed by atoms with E-state index in [0.29, 0.717) is 0 Å². The Labute approximate surface area is 148 Å². The molecular weight excluding hydrogens is 487 g/mol. The summed E-state index contributed by atoms with van der Waals surface area (Å²) in [6.45, 7) is 2.85. The van der Waals surface area contributed by atoms with E-state index in [2.05, 4.69) is 0 Å². The fourth-order valence-electron chi connectivity index (χ4n) is 2.42. The van der Waals surface area contributed by atoms with Crippen LogP contribution in [0.4, 0.5) is 0 Å². The number of rotatable bonds is 1. The Morgan fingerprint density at radius 2 is 1.61 bits per heavy atom. The van der Waals surface area contributed by atoms with Gasteiger partial charge in [-0.05, 0) is 26.7 Å². The van der Waals surface area contributed by atoms with Gasteiger partial charge in [0.15, 0.2) is 17.5 Å². The molecule has 2 unspecified atom stereocenters. The molecule has 1 aliphatic heterocycles. The molecule has 2 rings (SSSR count). The van der Waals surface area contributed by atoms with Crippen LogP contribution >= 0.6 is 0 Å². The van der Waals surface area contributed by atoms with Gasteiger partial charge in [0.05, 0.1) is 0 Å². The van der Waals surface area contributed by atoms with Crippen LogP contribution in [0, 0.1) is 5.92 Å². The molecule has 0 aromatic rings. The molecule has 0 bridgehead atoms. The zero-order chi connectivity index (χ0) is 17.3. The molecule has 7 N–H and O–H groups in total. The Morgan fingerprint density at radius 1 is 1.17 bits per heavy atom. The van der Waals surface area contributed by atoms with Crippen molar-refractivity contribution in [2.45, 2.75) is 64.1 Å². The zero-order valence-corrected chi connectivity index (χ0v) is 15.7. The fraction of sp³-hybridized carbons (Fsp3) is 0.786. The van der Waals surface area contributed by atoms with Crippen molar-refractivity contribution in [3.8, 4) is 0 Å². The summed E-state index contributed by atoms with van der Waals surface area (Å²) in [5, 5.41) is 0. The third kappa shape index (κ3) is 8.67. The fourth-order valence-corrected chi connectivity index (χ4v) is 2.42. The van der Waals surface area contributed by atoms with E-state index in [1.807, 2.05) is 0 Å². The van der Waals surface area contributed by atoms with E-state index in [4.69, 9.17) is 20.0 Å². The number of carbonyl (C=O) groups excluding carboxylic acids is 3. The number of hydrogen-bond acceptors (Lipinski definition) is 7. The molecule has 0 aromatic carbocycles. The van der Waals surface area contributed by atoms with Crippen molar-refractivity contribution < 1.29 is 48.6 Å². The Balaban J connectivity index is 0. The topological polar surface area (TPSA) is 164 Å². The van der Waals surface area contributed by atoms with Gasteiger partial charge in [-0.2, -0.15) is 0 Å². The molecule has 0 spiro atoms. The van der Waals surface area contributed by atoms with Gasteiger partial charge in [0.2, 0.25) is 0 Å². The average molecular weight is 514 g/mol. The number of Topliss-reactive ketones (excluding diaryl/α,β-unsaturated/α-hetero) is 2. The number of hydrogen-bond donors (Lipinski definition) is 3. The van der Waals surface area contributed by atoms with Crippen LogP contribution in [-0.2, 0) is 39.3 Å². The van der Waals surface area contributed by atoms with Crippen molar-refractivity contribution in [2.75, 3.05) is 0 Å². The molecule has 1 saturated heterocycles. The molecule has 8 nitrogen and oxygen atoms in total. The first kappa shape index (κ1) is 24.6. The average Bonchev–Trinajstić information content (AvgIpc) is 2.43. The monoisotopic (exact) mass is 514 g/mol. The maximum absolute atomic E-state index is 11.1.